The van der Waals surface area contributed by atoms with Crippen LogP contribution in [0, 0.1) is 0 Å². The Labute approximate surface area is 111 Å². The average Bonchev–Trinajstić information content (AvgIpc) is 2.76. The first-order chi connectivity index (χ1) is 8.80. The highest BCUT2D eigenvalue weighted by molar-refractivity contribution is 6.32. The summed E-state index contributed by atoms with van der Waals surface area (Å²) in [6, 6.07) is 2.46. The SMILES string of the molecule is CC(N)c1nnnn1-c1ccc(C(F)(F)F)cc1Cl. The number of hydrogen-bond donors (Lipinski definition) is 1. The predicted molar refractivity (Wildman–Crippen MR) is 61.8 cm³/mol. The van der Waals surface area contributed by atoms with Crippen molar-refractivity contribution in [1.29, 1.82) is 0 Å². The van der Waals surface area contributed by atoms with Crippen molar-refractivity contribution in [1.82, 2.24) is 20.2 Å². The highest BCUT2D eigenvalue weighted by atomic mass is 35.5. The standard InChI is InChI=1S/C10H9ClF3N5/c1-5(15)9-16-17-18-19(9)8-3-2-6(4-7(8)11)10(12,13)14/h2-5H,15H2,1H3. The van der Waals surface area contributed by atoms with Crippen LogP contribution in [0.2, 0.25) is 5.02 Å². The van der Waals surface area contributed by atoms with E-state index in [1.807, 2.05) is 0 Å². The fourth-order valence-corrected chi connectivity index (χ4v) is 1.77. The van der Waals surface area contributed by atoms with Crippen LogP contribution in [0.5, 0.6) is 0 Å². The molecule has 0 radical (unpaired) electrons. The summed E-state index contributed by atoms with van der Waals surface area (Å²) >= 11 is 5.85. The zero-order valence-corrected chi connectivity index (χ0v) is 10.4. The number of nitrogens with two attached hydrogens (primary N) is 1. The molecular weight excluding hydrogens is 283 g/mol. The van der Waals surface area contributed by atoms with Crippen LogP contribution in [0.4, 0.5) is 13.2 Å². The number of benzene rings is 1. The van der Waals surface area contributed by atoms with E-state index in [9.17, 15) is 13.2 Å². The summed E-state index contributed by atoms with van der Waals surface area (Å²) in [4.78, 5) is 0. The molecule has 0 amide bonds. The fraction of sp³-hybridized carbons (Fsp3) is 0.300. The van der Waals surface area contributed by atoms with Gasteiger partial charge in [0.1, 0.15) is 0 Å². The van der Waals surface area contributed by atoms with Gasteiger partial charge in [0.25, 0.3) is 0 Å². The van der Waals surface area contributed by atoms with Gasteiger partial charge in [0.2, 0.25) is 0 Å². The molecule has 102 valence electrons. The number of alkyl halides is 3. The second kappa shape index (κ2) is 4.78. The Bertz CT molecular complexity index is 593. The molecule has 19 heavy (non-hydrogen) atoms. The van der Waals surface area contributed by atoms with Crippen LogP contribution < -0.4 is 5.73 Å². The van der Waals surface area contributed by atoms with Crippen molar-refractivity contribution >= 4 is 11.6 Å². The maximum absolute atomic E-state index is 12.5. The molecule has 1 heterocycles. The third kappa shape index (κ3) is 2.69. The molecule has 2 N–H and O–H groups in total. The van der Waals surface area contributed by atoms with E-state index in [1.165, 1.54) is 10.7 Å². The van der Waals surface area contributed by atoms with E-state index in [1.54, 1.807) is 6.92 Å². The Morgan fingerprint density at radius 1 is 1.37 bits per heavy atom. The van der Waals surface area contributed by atoms with Crippen LogP contribution in [-0.2, 0) is 6.18 Å². The molecule has 9 heteroatoms. The molecular formula is C10H9ClF3N5. The van der Waals surface area contributed by atoms with Crippen LogP contribution in [-0.4, -0.2) is 20.2 Å². The first-order valence-corrected chi connectivity index (χ1v) is 5.59. The molecule has 2 aromatic rings. The molecule has 1 aromatic heterocycles. The molecule has 0 aliphatic rings. The number of hydrogen-bond acceptors (Lipinski definition) is 4. The molecule has 0 saturated carbocycles. The normalized spacial score (nSPS) is 13.6. The van der Waals surface area contributed by atoms with E-state index >= 15 is 0 Å². The van der Waals surface area contributed by atoms with Gasteiger partial charge in [-0.15, -0.1) is 5.10 Å². The van der Waals surface area contributed by atoms with E-state index in [-0.39, 0.29) is 10.7 Å². The van der Waals surface area contributed by atoms with Crippen LogP contribution in [0.3, 0.4) is 0 Å². The smallest absolute Gasteiger partial charge is 0.321 e. The van der Waals surface area contributed by atoms with Gasteiger partial charge in [0, 0.05) is 0 Å². The largest absolute Gasteiger partial charge is 0.416 e. The van der Waals surface area contributed by atoms with E-state index in [2.05, 4.69) is 15.5 Å². The Morgan fingerprint density at radius 3 is 2.58 bits per heavy atom. The monoisotopic (exact) mass is 291 g/mol. The molecule has 0 aliphatic carbocycles. The summed E-state index contributed by atoms with van der Waals surface area (Å²) in [5.41, 5.74) is 5.07. The van der Waals surface area contributed by atoms with Gasteiger partial charge < -0.3 is 5.73 Å². The van der Waals surface area contributed by atoms with Crippen molar-refractivity contribution < 1.29 is 13.2 Å². The van der Waals surface area contributed by atoms with Crippen molar-refractivity contribution in [3.05, 3.63) is 34.6 Å². The predicted octanol–water partition coefficient (Wildman–Crippen LogP) is 2.35. The van der Waals surface area contributed by atoms with Gasteiger partial charge >= 0.3 is 6.18 Å². The molecule has 0 spiro atoms. The van der Waals surface area contributed by atoms with Crippen molar-refractivity contribution in [3.63, 3.8) is 0 Å². The van der Waals surface area contributed by atoms with Gasteiger partial charge in [-0.25, -0.2) is 0 Å². The fourth-order valence-electron chi connectivity index (χ4n) is 1.50. The summed E-state index contributed by atoms with van der Waals surface area (Å²) in [7, 11) is 0. The lowest BCUT2D eigenvalue weighted by atomic mass is 10.2. The number of rotatable bonds is 2. The summed E-state index contributed by atoms with van der Waals surface area (Å²) in [5.74, 6) is 0.307. The van der Waals surface area contributed by atoms with E-state index in [0.717, 1.165) is 12.1 Å². The van der Waals surface area contributed by atoms with Crippen LogP contribution >= 0.6 is 11.6 Å². The Morgan fingerprint density at radius 2 is 2.05 bits per heavy atom. The number of aromatic nitrogens is 4. The highest BCUT2D eigenvalue weighted by Gasteiger charge is 2.31. The minimum absolute atomic E-state index is 0.107. The number of nitrogens with zero attached hydrogens (tertiary/aromatic N) is 4. The molecule has 5 nitrogen and oxygen atoms in total. The lowest BCUT2D eigenvalue weighted by Gasteiger charge is -2.11. The quantitative estimate of drug-likeness (QED) is 0.922. The molecule has 0 fully saturated rings. The van der Waals surface area contributed by atoms with Gasteiger partial charge in [0.05, 0.1) is 22.3 Å². The van der Waals surface area contributed by atoms with Gasteiger partial charge in [-0.3, -0.25) is 0 Å². The molecule has 0 aliphatic heterocycles. The lowest BCUT2D eigenvalue weighted by Crippen LogP contribution is -2.14. The van der Waals surface area contributed by atoms with E-state index in [4.69, 9.17) is 17.3 Å². The van der Waals surface area contributed by atoms with Crippen molar-refractivity contribution in [2.45, 2.75) is 19.1 Å². The van der Waals surface area contributed by atoms with Crippen LogP contribution in [0.1, 0.15) is 24.4 Å². The zero-order chi connectivity index (χ0) is 14.2. The first kappa shape index (κ1) is 13.8. The van der Waals surface area contributed by atoms with Crippen LogP contribution in [0.15, 0.2) is 18.2 Å². The zero-order valence-electron chi connectivity index (χ0n) is 9.69. The molecule has 1 aromatic carbocycles. The Kier molecular flexibility index (Phi) is 3.46. The van der Waals surface area contributed by atoms with Crippen LogP contribution in [0.25, 0.3) is 5.69 Å². The minimum Gasteiger partial charge on any atom is -0.321 e. The Balaban J connectivity index is 2.50. The van der Waals surface area contributed by atoms with Crippen molar-refractivity contribution in [3.8, 4) is 5.69 Å². The summed E-state index contributed by atoms with van der Waals surface area (Å²) in [6.07, 6.45) is -4.45. The minimum atomic E-state index is -4.45. The van der Waals surface area contributed by atoms with Gasteiger partial charge in [-0.1, -0.05) is 11.6 Å². The van der Waals surface area contributed by atoms with Gasteiger partial charge in [-0.2, -0.15) is 17.9 Å². The Hall–Kier alpha value is -1.67. The highest BCUT2D eigenvalue weighted by Crippen LogP contribution is 2.33. The summed E-state index contributed by atoms with van der Waals surface area (Å²) < 4.78 is 38.8. The average molecular weight is 292 g/mol. The maximum atomic E-state index is 12.5. The summed E-state index contributed by atoms with van der Waals surface area (Å²) in [6.45, 7) is 1.65. The third-order valence-electron chi connectivity index (χ3n) is 2.40. The second-order valence-corrected chi connectivity index (χ2v) is 4.31. The first-order valence-electron chi connectivity index (χ1n) is 5.21. The molecule has 1 unspecified atom stereocenters. The molecule has 1 atom stereocenters. The third-order valence-corrected chi connectivity index (χ3v) is 2.71. The number of tetrazole rings is 1. The number of halogens is 4. The van der Waals surface area contributed by atoms with Crippen molar-refractivity contribution in [2.75, 3.05) is 0 Å². The lowest BCUT2D eigenvalue weighted by molar-refractivity contribution is -0.137. The topological polar surface area (TPSA) is 69.6 Å². The molecule has 0 saturated heterocycles. The summed E-state index contributed by atoms with van der Waals surface area (Å²) in [5, 5.41) is 10.7. The van der Waals surface area contributed by atoms with E-state index in [0.29, 0.717) is 5.82 Å². The van der Waals surface area contributed by atoms with Gasteiger partial charge in [-0.05, 0) is 35.5 Å². The maximum Gasteiger partial charge on any atom is 0.416 e. The second-order valence-electron chi connectivity index (χ2n) is 3.90. The van der Waals surface area contributed by atoms with E-state index < -0.39 is 17.8 Å². The molecule has 0 bridgehead atoms. The van der Waals surface area contributed by atoms with Crippen molar-refractivity contribution in [2.24, 2.45) is 5.73 Å². The van der Waals surface area contributed by atoms with Gasteiger partial charge in [0.15, 0.2) is 5.82 Å². The molecule has 2 rings (SSSR count).